The second kappa shape index (κ2) is 10.4. The summed E-state index contributed by atoms with van der Waals surface area (Å²) < 4.78 is 11.4. The Labute approximate surface area is 178 Å². The van der Waals surface area contributed by atoms with Crippen molar-refractivity contribution in [3.8, 4) is 11.5 Å². The Morgan fingerprint density at radius 2 is 0.966 bits per heavy atom. The van der Waals surface area contributed by atoms with E-state index < -0.39 is 0 Å². The number of hydrogen-bond donors (Lipinski definition) is 0. The molecule has 2 aromatic rings. The van der Waals surface area contributed by atoms with E-state index in [2.05, 4.69) is 90.1 Å². The molecule has 0 N–H and O–H groups in total. The summed E-state index contributed by atoms with van der Waals surface area (Å²) in [4.78, 5) is 0. The largest absolute Gasteiger partial charge is 0.576 e. The molecule has 29 heavy (non-hydrogen) atoms. The lowest BCUT2D eigenvalue weighted by Crippen LogP contribution is -2.10. The third-order valence-electron chi connectivity index (χ3n) is 4.29. The normalized spacial score (nSPS) is 12.5. The van der Waals surface area contributed by atoms with Crippen LogP contribution in [0.4, 0.5) is 0 Å². The van der Waals surface area contributed by atoms with Crippen molar-refractivity contribution in [2.45, 2.75) is 54.4 Å². The van der Waals surface area contributed by atoms with Gasteiger partial charge in [0.2, 0.25) is 0 Å². The smallest absolute Gasteiger partial charge is 0.529 e. The standard InChI is InChI=1S/C26H35BO2/c1-25(2,3)19-7-9-21-11-15-23(16-12-21)28-27-29-24-17-13-22(14-18-24)10-8-20-26(4,5)6/h7-18,27H,19-20H2,1-6H3. The van der Waals surface area contributed by atoms with Gasteiger partial charge in [-0.25, -0.2) is 0 Å². The van der Waals surface area contributed by atoms with Crippen molar-refractivity contribution < 1.29 is 9.31 Å². The van der Waals surface area contributed by atoms with Gasteiger partial charge in [0.15, 0.2) is 0 Å². The fourth-order valence-corrected chi connectivity index (χ4v) is 2.61. The molecule has 3 heteroatoms. The molecular weight excluding hydrogens is 355 g/mol. The van der Waals surface area contributed by atoms with Gasteiger partial charge in [-0.1, -0.05) is 90.1 Å². The van der Waals surface area contributed by atoms with Gasteiger partial charge in [0.25, 0.3) is 0 Å². The van der Waals surface area contributed by atoms with Gasteiger partial charge in [0.05, 0.1) is 0 Å². The van der Waals surface area contributed by atoms with Gasteiger partial charge in [0.1, 0.15) is 11.5 Å². The number of allylic oxidation sites excluding steroid dienone is 2. The average molecular weight is 390 g/mol. The summed E-state index contributed by atoms with van der Waals surface area (Å²) in [6.45, 7) is 13.5. The molecule has 0 saturated heterocycles. The summed E-state index contributed by atoms with van der Waals surface area (Å²) in [6, 6.07) is 16.2. The highest BCUT2D eigenvalue weighted by molar-refractivity contribution is 6.20. The maximum atomic E-state index is 5.70. The molecule has 0 unspecified atom stereocenters. The molecule has 2 aromatic carbocycles. The van der Waals surface area contributed by atoms with E-state index in [1.165, 1.54) is 11.1 Å². The molecule has 0 aliphatic carbocycles. The Kier molecular flexibility index (Phi) is 8.19. The topological polar surface area (TPSA) is 18.5 Å². The first-order chi connectivity index (χ1) is 13.6. The van der Waals surface area contributed by atoms with Gasteiger partial charge in [-0.05, 0) is 59.1 Å². The van der Waals surface area contributed by atoms with Gasteiger partial charge in [-0.2, -0.15) is 0 Å². The SMILES string of the molecule is CC(C)(C)CC=Cc1ccc(OBOc2ccc(C=CCC(C)(C)C)cc2)cc1. The molecular formula is C26H35BO2. The highest BCUT2D eigenvalue weighted by atomic mass is 16.6. The number of rotatable bonds is 8. The van der Waals surface area contributed by atoms with Crippen molar-refractivity contribution in [2.75, 3.05) is 0 Å². The zero-order valence-corrected chi connectivity index (χ0v) is 18.9. The molecule has 2 rings (SSSR count). The predicted molar refractivity (Wildman–Crippen MR) is 128 cm³/mol. The van der Waals surface area contributed by atoms with Crippen molar-refractivity contribution in [3.05, 3.63) is 71.8 Å². The van der Waals surface area contributed by atoms with Crippen molar-refractivity contribution in [1.82, 2.24) is 0 Å². The van der Waals surface area contributed by atoms with Gasteiger partial charge >= 0.3 is 7.69 Å². The Hall–Kier alpha value is -2.42. The van der Waals surface area contributed by atoms with Crippen LogP contribution in [0.1, 0.15) is 65.5 Å². The third-order valence-corrected chi connectivity index (χ3v) is 4.29. The minimum absolute atomic E-state index is 0.193. The molecule has 0 fully saturated rings. The molecule has 0 saturated carbocycles. The average Bonchev–Trinajstić information content (AvgIpc) is 2.62. The lowest BCUT2D eigenvalue weighted by Gasteiger charge is -2.14. The molecule has 0 aromatic heterocycles. The van der Waals surface area contributed by atoms with Crippen molar-refractivity contribution in [1.29, 1.82) is 0 Å². The van der Waals surface area contributed by atoms with Crippen LogP contribution in [0.5, 0.6) is 11.5 Å². The fraction of sp³-hybridized carbons (Fsp3) is 0.385. The maximum Gasteiger partial charge on any atom is 0.576 e. The third kappa shape index (κ3) is 10.1. The summed E-state index contributed by atoms with van der Waals surface area (Å²) in [5.41, 5.74) is 2.99. The molecule has 0 atom stereocenters. The fourth-order valence-electron chi connectivity index (χ4n) is 2.61. The minimum Gasteiger partial charge on any atom is -0.529 e. The highest BCUT2D eigenvalue weighted by Crippen LogP contribution is 2.21. The van der Waals surface area contributed by atoms with E-state index in [0.29, 0.717) is 10.8 Å². The monoisotopic (exact) mass is 390 g/mol. The van der Waals surface area contributed by atoms with E-state index >= 15 is 0 Å². The van der Waals surface area contributed by atoms with E-state index in [0.717, 1.165) is 24.3 Å². The van der Waals surface area contributed by atoms with Crippen LogP contribution >= 0.6 is 0 Å². The van der Waals surface area contributed by atoms with Crippen LogP contribution in [0.2, 0.25) is 0 Å². The molecule has 2 nitrogen and oxygen atoms in total. The summed E-state index contributed by atoms with van der Waals surface area (Å²) in [7, 11) is 0.193. The highest BCUT2D eigenvalue weighted by Gasteiger charge is 2.07. The lowest BCUT2D eigenvalue weighted by molar-refractivity contribution is 0.421. The van der Waals surface area contributed by atoms with Crippen molar-refractivity contribution >= 4 is 19.8 Å². The van der Waals surface area contributed by atoms with Crippen LogP contribution < -0.4 is 9.31 Å². The van der Waals surface area contributed by atoms with E-state index in [1.54, 1.807) is 0 Å². The van der Waals surface area contributed by atoms with E-state index in [1.807, 2.05) is 24.3 Å². The number of benzene rings is 2. The van der Waals surface area contributed by atoms with Crippen molar-refractivity contribution in [3.63, 3.8) is 0 Å². The lowest BCUT2D eigenvalue weighted by atomic mass is 9.92. The first-order valence-electron chi connectivity index (χ1n) is 10.4. The first-order valence-corrected chi connectivity index (χ1v) is 10.4. The van der Waals surface area contributed by atoms with Crippen LogP contribution in [0, 0.1) is 10.8 Å². The first kappa shape index (κ1) is 22.9. The molecule has 0 radical (unpaired) electrons. The Morgan fingerprint density at radius 3 is 1.28 bits per heavy atom. The second-order valence-electron chi connectivity index (χ2n) is 9.88. The van der Waals surface area contributed by atoms with Crippen LogP contribution in [-0.2, 0) is 0 Å². The molecule has 154 valence electrons. The van der Waals surface area contributed by atoms with Gasteiger partial charge in [-0.3, -0.25) is 0 Å². The molecule has 0 amide bonds. The maximum absolute atomic E-state index is 5.70. The number of hydrogen-bond acceptors (Lipinski definition) is 2. The Bertz CT molecular complexity index is 719. The summed E-state index contributed by atoms with van der Waals surface area (Å²) in [6.07, 6.45) is 10.9. The zero-order valence-electron chi connectivity index (χ0n) is 18.9. The van der Waals surface area contributed by atoms with Crippen LogP contribution in [-0.4, -0.2) is 7.69 Å². The summed E-state index contributed by atoms with van der Waals surface area (Å²) in [5.74, 6) is 1.61. The molecule has 0 aliphatic rings. The van der Waals surface area contributed by atoms with Gasteiger partial charge in [0, 0.05) is 0 Å². The van der Waals surface area contributed by atoms with Crippen LogP contribution in [0.15, 0.2) is 60.7 Å². The van der Waals surface area contributed by atoms with E-state index in [-0.39, 0.29) is 7.69 Å². The Morgan fingerprint density at radius 1 is 0.621 bits per heavy atom. The molecule has 0 heterocycles. The minimum atomic E-state index is 0.193. The molecule has 0 aliphatic heterocycles. The quantitative estimate of drug-likeness (QED) is 0.440. The van der Waals surface area contributed by atoms with Crippen LogP contribution in [0.25, 0.3) is 12.2 Å². The van der Waals surface area contributed by atoms with Gasteiger partial charge in [-0.15, -0.1) is 0 Å². The van der Waals surface area contributed by atoms with E-state index in [4.69, 9.17) is 9.31 Å². The van der Waals surface area contributed by atoms with Gasteiger partial charge < -0.3 is 9.31 Å². The Balaban J connectivity index is 1.76. The molecule has 0 bridgehead atoms. The zero-order chi connectivity index (χ0) is 21.3. The van der Waals surface area contributed by atoms with Crippen molar-refractivity contribution in [2.24, 2.45) is 10.8 Å². The second-order valence-corrected chi connectivity index (χ2v) is 9.88. The predicted octanol–water partition coefficient (Wildman–Crippen LogP) is 7.31. The van der Waals surface area contributed by atoms with Crippen LogP contribution in [0.3, 0.4) is 0 Å². The van der Waals surface area contributed by atoms with E-state index in [9.17, 15) is 0 Å². The molecule has 0 spiro atoms. The summed E-state index contributed by atoms with van der Waals surface area (Å²) in [5, 5.41) is 0. The summed E-state index contributed by atoms with van der Waals surface area (Å²) >= 11 is 0.